The van der Waals surface area contributed by atoms with E-state index in [1.165, 1.54) is 12.1 Å². The summed E-state index contributed by atoms with van der Waals surface area (Å²) >= 11 is 5.77. The van der Waals surface area contributed by atoms with Crippen molar-refractivity contribution in [3.63, 3.8) is 0 Å². The third-order valence-corrected chi connectivity index (χ3v) is 3.55. The molecule has 0 bridgehead atoms. The zero-order chi connectivity index (χ0) is 11.6. The molecule has 0 fully saturated rings. The molecular weight excluding hydrogens is 257 g/mol. The largest absolute Gasteiger partial charge is 0.261 e. The van der Waals surface area contributed by atoms with Crippen LogP contribution < -0.4 is 0 Å². The van der Waals surface area contributed by atoms with Gasteiger partial charge in [-0.3, -0.25) is 0 Å². The average Bonchev–Trinajstić information content (AvgIpc) is 2.15. The zero-order valence-corrected chi connectivity index (χ0v) is 10.1. The Morgan fingerprint density at radius 2 is 2.07 bits per heavy atom. The van der Waals surface area contributed by atoms with Crippen LogP contribution in [-0.2, 0) is 15.5 Å². The smallest absolute Gasteiger partial charge is 0.207 e. The third kappa shape index (κ3) is 2.63. The van der Waals surface area contributed by atoms with Gasteiger partial charge in [-0.05, 0) is 24.1 Å². The van der Waals surface area contributed by atoms with Crippen molar-refractivity contribution in [3.05, 3.63) is 28.3 Å². The lowest BCUT2D eigenvalue weighted by Crippen LogP contribution is -1.96. The van der Waals surface area contributed by atoms with Crippen LogP contribution in [0.2, 0.25) is 5.02 Å². The molecule has 0 unspecified atom stereocenters. The van der Waals surface area contributed by atoms with E-state index in [0.29, 0.717) is 17.5 Å². The molecule has 0 aromatic heterocycles. The summed E-state index contributed by atoms with van der Waals surface area (Å²) in [5.41, 5.74) is 0.868. The molecule has 0 radical (unpaired) electrons. The number of nitriles is 1. The Kier molecular flexibility index (Phi) is 3.61. The molecule has 6 heteroatoms. The molecule has 1 aromatic rings. The highest BCUT2D eigenvalue weighted by molar-refractivity contribution is 8.13. The Labute approximate surface area is 97.7 Å². The number of benzene rings is 1. The summed E-state index contributed by atoms with van der Waals surface area (Å²) in [4.78, 5) is -0.0787. The molecule has 3 nitrogen and oxygen atoms in total. The van der Waals surface area contributed by atoms with Crippen molar-refractivity contribution in [1.29, 1.82) is 5.26 Å². The van der Waals surface area contributed by atoms with Crippen molar-refractivity contribution in [1.82, 2.24) is 0 Å². The van der Waals surface area contributed by atoms with Gasteiger partial charge in [0.1, 0.15) is 6.07 Å². The number of aryl methyl sites for hydroxylation is 1. The molecule has 0 N–H and O–H groups in total. The first-order valence-corrected chi connectivity index (χ1v) is 6.76. The van der Waals surface area contributed by atoms with Crippen molar-refractivity contribution >= 4 is 31.3 Å². The van der Waals surface area contributed by atoms with E-state index >= 15 is 0 Å². The zero-order valence-electron chi connectivity index (χ0n) is 7.79. The van der Waals surface area contributed by atoms with Gasteiger partial charge in [-0.1, -0.05) is 18.5 Å². The predicted molar refractivity (Wildman–Crippen MR) is 58.6 cm³/mol. The van der Waals surface area contributed by atoms with Gasteiger partial charge in [0.25, 0.3) is 9.05 Å². The van der Waals surface area contributed by atoms with Crippen LogP contribution in [0.4, 0.5) is 0 Å². The molecular formula is C9H7Cl2NO2S. The van der Waals surface area contributed by atoms with Crippen molar-refractivity contribution in [3.8, 4) is 6.07 Å². The van der Waals surface area contributed by atoms with Crippen molar-refractivity contribution in [2.75, 3.05) is 0 Å². The maximum Gasteiger partial charge on any atom is 0.261 e. The molecule has 1 aromatic carbocycles. The molecule has 0 amide bonds. The molecule has 0 saturated heterocycles. The number of rotatable bonds is 2. The highest BCUT2D eigenvalue weighted by Gasteiger charge is 2.15. The summed E-state index contributed by atoms with van der Waals surface area (Å²) < 4.78 is 22.2. The Morgan fingerprint density at radius 1 is 1.47 bits per heavy atom. The first kappa shape index (κ1) is 12.3. The van der Waals surface area contributed by atoms with Gasteiger partial charge in [-0.2, -0.15) is 5.26 Å². The van der Waals surface area contributed by atoms with Crippen LogP contribution >= 0.6 is 22.3 Å². The van der Waals surface area contributed by atoms with Crippen LogP contribution in [0, 0.1) is 11.3 Å². The fourth-order valence-corrected chi connectivity index (χ4v) is 2.34. The van der Waals surface area contributed by atoms with Crippen molar-refractivity contribution in [2.24, 2.45) is 0 Å². The molecule has 15 heavy (non-hydrogen) atoms. The van der Waals surface area contributed by atoms with Crippen LogP contribution in [0.1, 0.15) is 18.1 Å². The molecule has 0 heterocycles. The Bertz CT molecular complexity index is 532. The molecule has 0 saturated carbocycles. The van der Waals surface area contributed by atoms with E-state index in [9.17, 15) is 8.42 Å². The van der Waals surface area contributed by atoms with Gasteiger partial charge >= 0.3 is 0 Å². The van der Waals surface area contributed by atoms with E-state index in [2.05, 4.69) is 0 Å². The normalized spacial score (nSPS) is 11.1. The number of halogens is 2. The molecule has 0 spiro atoms. The van der Waals surface area contributed by atoms with E-state index in [4.69, 9.17) is 27.5 Å². The number of hydrogen-bond donors (Lipinski definition) is 0. The fourth-order valence-electron chi connectivity index (χ4n) is 1.18. The summed E-state index contributed by atoms with van der Waals surface area (Å²) in [6.45, 7) is 1.80. The third-order valence-electron chi connectivity index (χ3n) is 1.92. The first-order chi connectivity index (χ1) is 6.90. The van der Waals surface area contributed by atoms with E-state index in [1.54, 1.807) is 6.92 Å². The molecule has 0 aliphatic heterocycles. The van der Waals surface area contributed by atoms with Crippen LogP contribution in [0.5, 0.6) is 0 Å². The average molecular weight is 264 g/mol. The maximum absolute atomic E-state index is 11.1. The SMILES string of the molecule is CCc1cc(S(=O)(=O)Cl)cc(Cl)c1C#N. The monoisotopic (exact) mass is 263 g/mol. The van der Waals surface area contributed by atoms with Crippen molar-refractivity contribution < 1.29 is 8.42 Å². The van der Waals surface area contributed by atoms with Gasteiger partial charge in [0.2, 0.25) is 0 Å². The molecule has 0 aliphatic carbocycles. The molecule has 0 atom stereocenters. The van der Waals surface area contributed by atoms with E-state index in [0.717, 1.165) is 0 Å². The van der Waals surface area contributed by atoms with Crippen LogP contribution in [-0.4, -0.2) is 8.42 Å². The minimum atomic E-state index is -3.80. The summed E-state index contributed by atoms with van der Waals surface area (Å²) in [6.07, 6.45) is 0.517. The lowest BCUT2D eigenvalue weighted by Gasteiger charge is -2.05. The van der Waals surface area contributed by atoms with Crippen LogP contribution in [0.3, 0.4) is 0 Å². The summed E-state index contributed by atoms with van der Waals surface area (Å²) in [5, 5.41) is 8.91. The molecule has 1 rings (SSSR count). The minimum Gasteiger partial charge on any atom is -0.207 e. The topological polar surface area (TPSA) is 57.9 Å². The van der Waals surface area contributed by atoms with Gasteiger partial charge in [-0.15, -0.1) is 0 Å². The number of nitrogens with zero attached hydrogens (tertiary/aromatic N) is 1. The van der Waals surface area contributed by atoms with Gasteiger partial charge in [-0.25, -0.2) is 8.42 Å². The summed E-state index contributed by atoms with van der Waals surface area (Å²) in [7, 11) is 1.38. The summed E-state index contributed by atoms with van der Waals surface area (Å²) in [6, 6.07) is 4.47. The van der Waals surface area contributed by atoms with Crippen molar-refractivity contribution in [2.45, 2.75) is 18.2 Å². The Morgan fingerprint density at radius 3 is 2.47 bits per heavy atom. The van der Waals surface area contributed by atoms with E-state index < -0.39 is 9.05 Å². The fraction of sp³-hybridized carbons (Fsp3) is 0.222. The van der Waals surface area contributed by atoms with E-state index in [1.807, 2.05) is 6.07 Å². The lowest BCUT2D eigenvalue weighted by atomic mass is 10.1. The van der Waals surface area contributed by atoms with Crippen LogP contribution in [0.25, 0.3) is 0 Å². The quantitative estimate of drug-likeness (QED) is 0.771. The standard InChI is InChI=1S/C9H7Cl2NO2S/c1-2-6-3-7(15(11,13)14)4-9(10)8(6)5-12/h3-4H,2H2,1H3. The first-order valence-electron chi connectivity index (χ1n) is 4.07. The molecule has 0 aliphatic rings. The van der Waals surface area contributed by atoms with Gasteiger partial charge in [0, 0.05) is 10.7 Å². The number of hydrogen-bond acceptors (Lipinski definition) is 3. The second-order valence-electron chi connectivity index (χ2n) is 2.84. The van der Waals surface area contributed by atoms with Gasteiger partial charge in [0.15, 0.2) is 0 Å². The second kappa shape index (κ2) is 4.40. The Hall–Kier alpha value is -0.760. The van der Waals surface area contributed by atoms with Crippen LogP contribution in [0.15, 0.2) is 17.0 Å². The Balaban J connectivity index is 3.54. The van der Waals surface area contributed by atoms with E-state index in [-0.39, 0.29) is 9.92 Å². The highest BCUT2D eigenvalue weighted by Crippen LogP contribution is 2.26. The summed E-state index contributed by atoms with van der Waals surface area (Å²) in [5.74, 6) is 0. The van der Waals surface area contributed by atoms with Gasteiger partial charge < -0.3 is 0 Å². The molecule has 80 valence electrons. The lowest BCUT2D eigenvalue weighted by molar-refractivity contribution is 0.609. The second-order valence-corrected chi connectivity index (χ2v) is 5.82. The maximum atomic E-state index is 11.1. The highest BCUT2D eigenvalue weighted by atomic mass is 35.7. The predicted octanol–water partition coefficient (Wildman–Crippen LogP) is 2.70. The van der Waals surface area contributed by atoms with Gasteiger partial charge in [0.05, 0.1) is 15.5 Å². The minimum absolute atomic E-state index is 0.0787.